The minimum Gasteiger partial charge on any atom is -0.462 e. The lowest BCUT2D eigenvalue weighted by Crippen LogP contribution is -2.29. The molecule has 0 fully saturated rings. The fraction of sp³-hybridized carbons (Fsp3) is 0.674. The fourth-order valence-electron chi connectivity index (χ4n) is 5.20. The number of phosphoric acid groups is 1. The standard InChI is InChI=1S/C43H74NO10P/c1-3-5-7-8-9-10-11-12-13-14-18-21-27-34-43(48)54-41(38-53-55(49,50)52-36-35-44)37-51-42(47)33-28-22-26-32-40(46)31-25-20-17-15-16-19-24-30-39(45)29-23-6-4-2/h6,16-17,19-20,23-26,30-32,39-41,45-46H,3-5,7-15,18,21-22,27-29,33-38,44H2,1-2H3,(H,49,50)/b19-16-,20-17-,23-6-,30-24+,31-25+,32-26-/t39-,40-,41-/m1/s1. The fourth-order valence-corrected chi connectivity index (χ4v) is 5.96. The Morgan fingerprint density at radius 1 is 0.673 bits per heavy atom. The monoisotopic (exact) mass is 796 g/mol. The summed E-state index contributed by atoms with van der Waals surface area (Å²) in [6.45, 7) is 3.30. The predicted molar refractivity (Wildman–Crippen MR) is 222 cm³/mol. The highest BCUT2D eigenvalue weighted by atomic mass is 31.2. The number of allylic oxidation sites excluding steroid dienone is 8. The Labute approximate surface area is 332 Å². The van der Waals surface area contributed by atoms with Gasteiger partial charge in [0.15, 0.2) is 6.10 Å². The summed E-state index contributed by atoms with van der Waals surface area (Å²) in [4.78, 5) is 34.8. The summed E-state index contributed by atoms with van der Waals surface area (Å²) >= 11 is 0. The minimum absolute atomic E-state index is 0.0217. The van der Waals surface area contributed by atoms with Crippen molar-refractivity contribution in [3.05, 3.63) is 72.9 Å². The molecule has 0 aromatic rings. The number of esters is 2. The molecular formula is C43H74NO10P. The van der Waals surface area contributed by atoms with Gasteiger partial charge in [0.05, 0.1) is 25.4 Å². The molecule has 0 aromatic heterocycles. The zero-order chi connectivity index (χ0) is 40.7. The van der Waals surface area contributed by atoms with E-state index < -0.39 is 44.7 Å². The van der Waals surface area contributed by atoms with Gasteiger partial charge in [0.1, 0.15) is 6.61 Å². The van der Waals surface area contributed by atoms with E-state index in [1.807, 2.05) is 42.5 Å². The Morgan fingerprint density at radius 3 is 1.89 bits per heavy atom. The van der Waals surface area contributed by atoms with E-state index in [9.17, 15) is 29.3 Å². The number of carbonyl (C=O) groups is 2. The number of aliphatic hydroxyl groups is 2. The molecular weight excluding hydrogens is 721 g/mol. The van der Waals surface area contributed by atoms with Gasteiger partial charge in [0.2, 0.25) is 0 Å². The van der Waals surface area contributed by atoms with Crippen LogP contribution >= 0.6 is 7.82 Å². The van der Waals surface area contributed by atoms with Crippen molar-refractivity contribution < 1.29 is 47.8 Å². The van der Waals surface area contributed by atoms with Gasteiger partial charge in [-0.3, -0.25) is 18.6 Å². The SMILES string of the molecule is CC/C=C\C[C@@H](O)/C=C/C=C\C/C=C\C=C\[C@@H](O)/C=C\CCCC(=O)OC[C@H](COP(=O)(O)OCCN)OC(=O)CCCCCCCCCCCCCCC. The van der Waals surface area contributed by atoms with Crippen LogP contribution < -0.4 is 5.73 Å². The molecule has 0 amide bonds. The van der Waals surface area contributed by atoms with Crippen LogP contribution in [0.4, 0.5) is 0 Å². The van der Waals surface area contributed by atoms with Crippen LogP contribution in [0.1, 0.15) is 142 Å². The second-order valence-electron chi connectivity index (χ2n) is 13.5. The number of aliphatic hydroxyl groups excluding tert-OH is 2. The molecule has 0 aromatic carbocycles. The third kappa shape index (κ3) is 38.0. The molecule has 55 heavy (non-hydrogen) atoms. The van der Waals surface area contributed by atoms with Crippen LogP contribution in [0.25, 0.3) is 0 Å². The van der Waals surface area contributed by atoms with Gasteiger partial charge in [0, 0.05) is 19.4 Å². The first-order valence-corrected chi connectivity index (χ1v) is 22.1. The largest absolute Gasteiger partial charge is 0.472 e. The first-order chi connectivity index (χ1) is 26.6. The Balaban J connectivity index is 4.45. The van der Waals surface area contributed by atoms with Crippen molar-refractivity contribution in [3.63, 3.8) is 0 Å². The molecule has 11 nitrogen and oxygen atoms in total. The van der Waals surface area contributed by atoms with Crippen molar-refractivity contribution in [1.29, 1.82) is 0 Å². The van der Waals surface area contributed by atoms with E-state index in [2.05, 4.69) is 13.8 Å². The summed E-state index contributed by atoms with van der Waals surface area (Å²) in [6.07, 6.45) is 38.7. The van der Waals surface area contributed by atoms with E-state index in [1.165, 1.54) is 57.8 Å². The van der Waals surface area contributed by atoms with E-state index in [-0.39, 0.29) is 32.6 Å². The Kier molecular flexibility index (Phi) is 36.4. The molecule has 0 aliphatic carbocycles. The number of unbranched alkanes of at least 4 members (excludes halogenated alkanes) is 13. The number of hydrogen-bond acceptors (Lipinski definition) is 10. The Morgan fingerprint density at radius 2 is 1.27 bits per heavy atom. The molecule has 0 aliphatic heterocycles. The zero-order valence-corrected chi connectivity index (χ0v) is 34.7. The minimum atomic E-state index is -4.42. The van der Waals surface area contributed by atoms with Crippen LogP contribution in [0.5, 0.6) is 0 Å². The summed E-state index contributed by atoms with van der Waals surface area (Å²) in [5.74, 6) is -1.02. The maximum Gasteiger partial charge on any atom is 0.472 e. The second-order valence-corrected chi connectivity index (χ2v) is 15.0. The Bertz CT molecular complexity index is 1170. The Hall–Kier alpha value is -2.63. The van der Waals surface area contributed by atoms with Crippen LogP contribution in [0.15, 0.2) is 72.9 Å². The van der Waals surface area contributed by atoms with E-state index in [1.54, 1.807) is 30.4 Å². The summed E-state index contributed by atoms with van der Waals surface area (Å²) in [5.41, 5.74) is 5.33. The summed E-state index contributed by atoms with van der Waals surface area (Å²) in [7, 11) is -4.42. The molecule has 5 N–H and O–H groups in total. The lowest BCUT2D eigenvalue weighted by molar-refractivity contribution is -0.161. The van der Waals surface area contributed by atoms with Crippen molar-refractivity contribution in [3.8, 4) is 0 Å². The molecule has 0 rings (SSSR count). The molecule has 0 spiro atoms. The number of ether oxygens (including phenoxy) is 2. The molecule has 4 atom stereocenters. The summed E-state index contributed by atoms with van der Waals surface area (Å²) in [6, 6.07) is 0. The molecule has 0 radical (unpaired) electrons. The summed E-state index contributed by atoms with van der Waals surface area (Å²) in [5, 5.41) is 20.0. The van der Waals surface area contributed by atoms with Gasteiger partial charge in [0.25, 0.3) is 0 Å². The third-order valence-electron chi connectivity index (χ3n) is 8.28. The van der Waals surface area contributed by atoms with Crippen molar-refractivity contribution in [1.82, 2.24) is 0 Å². The zero-order valence-electron chi connectivity index (χ0n) is 33.9. The highest BCUT2D eigenvalue weighted by molar-refractivity contribution is 7.47. The molecule has 0 bridgehead atoms. The smallest absolute Gasteiger partial charge is 0.462 e. The maximum absolute atomic E-state index is 12.5. The number of hydrogen-bond donors (Lipinski definition) is 4. The van der Waals surface area contributed by atoms with Crippen LogP contribution in [-0.2, 0) is 32.7 Å². The van der Waals surface area contributed by atoms with Gasteiger partial charge in [-0.2, -0.15) is 0 Å². The van der Waals surface area contributed by atoms with Crippen molar-refractivity contribution in [2.24, 2.45) is 5.73 Å². The van der Waals surface area contributed by atoms with Crippen molar-refractivity contribution in [2.75, 3.05) is 26.4 Å². The number of carbonyl (C=O) groups excluding carboxylic acids is 2. The quantitative estimate of drug-likeness (QED) is 0.0155. The first-order valence-electron chi connectivity index (χ1n) is 20.6. The highest BCUT2D eigenvalue weighted by Gasteiger charge is 2.26. The van der Waals surface area contributed by atoms with Crippen molar-refractivity contribution in [2.45, 2.75) is 161 Å². The van der Waals surface area contributed by atoms with Crippen LogP contribution in [-0.4, -0.2) is 71.7 Å². The number of phosphoric ester groups is 1. The van der Waals surface area contributed by atoms with E-state index in [0.717, 1.165) is 25.7 Å². The van der Waals surface area contributed by atoms with Gasteiger partial charge < -0.3 is 30.3 Å². The molecule has 12 heteroatoms. The van der Waals surface area contributed by atoms with Crippen LogP contribution in [0, 0.1) is 0 Å². The molecule has 0 aliphatic rings. The number of rotatable bonds is 37. The van der Waals surface area contributed by atoms with E-state index in [0.29, 0.717) is 32.1 Å². The van der Waals surface area contributed by atoms with Crippen LogP contribution in [0.3, 0.4) is 0 Å². The van der Waals surface area contributed by atoms with Crippen LogP contribution in [0.2, 0.25) is 0 Å². The normalized spacial score (nSPS) is 15.2. The average Bonchev–Trinajstić information content (AvgIpc) is 3.16. The molecule has 0 heterocycles. The first kappa shape index (κ1) is 52.4. The van der Waals surface area contributed by atoms with E-state index in [4.69, 9.17) is 24.3 Å². The third-order valence-corrected chi connectivity index (χ3v) is 9.27. The van der Waals surface area contributed by atoms with Gasteiger partial charge in [-0.25, -0.2) is 4.57 Å². The van der Waals surface area contributed by atoms with Gasteiger partial charge >= 0.3 is 19.8 Å². The van der Waals surface area contributed by atoms with E-state index >= 15 is 0 Å². The van der Waals surface area contributed by atoms with Gasteiger partial charge in [-0.1, -0.05) is 164 Å². The molecule has 0 saturated heterocycles. The van der Waals surface area contributed by atoms with Crippen molar-refractivity contribution >= 4 is 19.8 Å². The predicted octanol–water partition coefficient (Wildman–Crippen LogP) is 9.43. The maximum atomic E-state index is 12.5. The lowest BCUT2D eigenvalue weighted by atomic mass is 10.0. The second kappa shape index (κ2) is 38.3. The van der Waals surface area contributed by atoms with Gasteiger partial charge in [-0.15, -0.1) is 0 Å². The molecule has 316 valence electrons. The lowest BCUT2D eigenvalue weighted by Gasteiger charge is -2.19. The molecule has 1 unspecified atom stereocenters. The molecule has 0 saturated carbocycles. The highest BCUT2D eigenvalue weighted by Crippen LogP contribution is 2.43. The number of nitrogens with two attached hydrogens (primary N) is 1. The van der Waals surface area contributed by atoms with Gasteiger partial charge in [-0.05, 0) is 38.5 Å². The average molecular weight is 796 g/mol. The summed E-state index contributed by atoms with van der Waals surface area (Å²) < 4.78 is 32.6. The topological polar surface area (TPSA) is 175 Å².